The van der Waals surface area contributed by atoms with Crippen molar-refractivity contribution in [1.29, 1.82) is 0 Å². The lowest BCUT2D eigenvalue weighted by atomic mass is 10.1. The van der Waals surface area contributed by atoms with Crippen molar-refractivity contribution in [3.8, 4) is 5.75 Å². The van der Waals surface area contributed by atoms with Gasteiger partial charge < -0.3 is 14.8 Å². The van der Waals surface area contributed by atoms with Gasteiger partial charge in [0.05, 0.1) is 12.2 Å². The second-order valence-corrected chi connectivity index (χ2v) is 6.39. The van der Waals surface area contributed by atoms with Gasteiger partial charge in [0, 0.05) is 6.04 Å². The summed E-state index contributed by atoms with van der Waals surface area (Å²) >= 11 is 0. The molecule has 0 aromatic heterocycles. The summed E-state index contributed by atoms with van der Waals surface area (Å²) in [5.41, 5.74) is 0.410. The van der Waals surface area contributed by atoms with Crippen LogP contribution in [0.5, 0.6) is 5.75 Å². The third kappa shape index (κ3) is 5.93. The highest BCUT2D eigenvalue weighted by Gasteiger charge is 2.27. The van der Waals surface area contributed by atoms with Gasteiger partial charge in [0.1, 0.15) is 5.75 Å². The molecule has 0 heterocycles. The maximum Gasteiger partial charge on any atom is 0.338 e. The van der Waals surface area contributed by atoms with Crippen LogP contribution in [0.1, 0.15) is 50.4 Å². The zero-order valence-corrected chi connectivity index (χ0v) is 14.0. The van der Waals surface area contributed by atoms with Crippen molar-refractivity contribution in [2.75, 3.05) is 6.61 Å². The zero-order valence-electron chi connectivity index (χ0n) is 14.0. The Kier molecular flexibility index (Phi) is 6.02. The van der Waals surface area contributed by atoms with E-state index in [0.717, 1.165) is 25.0 Å². The molecule has 126 valence electrons. The fourth-order valence-electron chi connectivity index (χ4n) is 1.93. The van der Waals surface area contributed by atoms with Crippen LogP contribution in [0.2, 0.25) is 0 Å². The van der Waals surface area contributed by atoms with Crippen LogP contribution in [0.25, 0.3) is 0 Å². The Morgan fingerprint density at radius 3 is 2.39 bits per heavy atom. The first kappa shape index (κ1) is 17.3. The molecule has 1 fully saturated rings. The van der Waals surface area contributed by atoms with E-state index in [1.165, 1.54) is 0 Å². The Balaban J connectivity index is 1.80. The van der Waals surface area contributed by atoms with Gasteiger partial charge in [0.15, 0.2) is 6.10 Å². The first-order chi connectivity index (χ1) is 11.0. The number of ether oxygens (including phenoxy) is 2. The quantitative estimate of drug-likeness (QED) is 0.748. The lowest BCUT2D eigenvalue weighted by Gasteiger charge is -2.13. The van der Waals surface area contributed by atoms with E-state index in [1.807, 2.05) is 0 Å². The van der Waals surface area contributed by atoms with Gasteiger partial charge in [-0.3, -0.25) is 4.79 Å². The predicted octanol–water partition coefficient (Wildman–Crippen LogP) is 2.94. The van der Waals surface area contributed by atoms with Gasteiger partial charge in [0.2, 0.25) is 0 Å². The first-order valence-corrected chi connectivity index (χ1v) is 8.20. The highest BCUT2D eigenvalue weighted by atomic mass is 16.5. The summed E-state index contributed by atoms with van der Waals surface area (Å²) in [6.07, 6.45) is 2.21. The Morgan fingerprint density at radius 2 is 1.83 bits per heavy atom. The van der Waals surface area contributed by atoms with Gasteiger partial charge in [-0.05, 0) is 56.4 Å². The molecule has 0 spiro atoms. The third-order valence-corrected chi connectivity index (χ3v) is 3.63. The van der Waals surface area contributed by atoms with Gasteiger partial charge in [-0.15, -0.1) is 0 Å². The van der Waals surface area contributed by atoms with Gasteiger partial charge in [0.25, 0.3) is 5.91 Å². The van der Waals surface area contributed by atoms with Crippen molar-refractivity contribution in [2.45, 2.75) is 52.2 Å². The molecule has 1 aliphatic carbocycles. The number of carbonyl (C=O) groups is 2. The van der Waals surface area contributed by atoms with Gasteiger partial charge in [-0.25, -0.2) is 4.79 Å². The van der Waals surface area contributed by atoms with E-state index in [0.29, 0.717) is 18.1 Å². The molecule has 23 heavy (non-hydrogen) atoms. The van der Waals surface area contributed by atoms with Crippen molar-refractivity contribution < 1.29 is 19.1 Å². The molecule has 5 heteroatoms. The largest absolute Gasteiger partial charge is 0.494 e. The standard InChI is InChI=1S/C18H25NO4/c1-12(2)10-11-22-16-8-4-14(5-9-16)18(21)23-13(3)17(20)19-15-6-7-15/h4-5,8-9,12-13,15H,6-7,10-11H2,1-3H3,(H,19,20). The molecule has 1 atom stereocenters. The molecule has 1 unspecified atom stereocenters. The molecule has 1 aromatic rings. The van der Waals surface area contributed by atoms with Gasteiger partial charge in [-0.2, -0.15) is 0 Å². The number of benzene rings is 1. The minimum atomic E-state index is -0.787. The molecule has 0 aliphatic heterocycles. The van der Waals surface area contributed by atoms with Crippen molar-refractivity contribution in [2.24, 2.45) is 5.92 Å². The number of rotatable bonds is 8. The summed E-state index contributed by atoms with van der Waals surface area (Å²) < 4.78 is 10.8. The van der Waals surface area contributed by atoms with Crippen LogP contribution in [0.15, 0.2) is 24.3 Å². The van der Waals surface area contributed by atoms with E-state index in [1.54, 1.807) is 31.2 Å². The molecule has 1 N–H and O–H groups in total. The zero-order chi connectivity index (χ0) is 16.8. The predicted molar refractivity (Wildman–Crippen MR) is 87.4 cm³/mol. The first-order valence-electron chi connectivity index (χ1n) is 8.20. The van der Waals surface area contributed by atoms with Gasteiger partial charge >= 0.3 is 5.97 Å². The average molecular weight is 319 g/mol. The second-order valence-electron chi connectivity index (χ2n) is 6.39. The highest BCUT2D eigenvalue weighted by molar-refractivity contribution is 5.92. The lowest BCUT2D eigenvalue weighted by Crippen LogP contribution is -2.37. The number of nitrogens with one attached hydrogen (secondary N) is 1. The fourth-order valence-corrected chi connectivity index (χ4v) is 1.93. The SMILES string of the molecule is CC(C)CCOc1ccc(C(=O)OC(C)C(=O)NC2CC2)cc1. The number of carbonyl (C=O) groups excluding carboxylic acids is 2. The summed E-state index contributed by atoms with van der Waals surface area (Å²) in [7, 11) is 0. The molecule has 0 radical (unpaired) electrons. The van der Waals surface area contributed by atoms with Gasteiger partial charge in [-0.1, -0.05) is 13.8 Å². The van der Waals surface area contributed by atoms with Crippen LogP contribution in [0.4, 0.5) is 0 Å². The second kappa shape index (κ2) is 7.99. The Hall–Kier alpha value is -2.04. The lowest BCUT2D eigenvalue weighted by molar-refractivity contribution is -0.129. The Morgan fingerprint density at radius 1 is 1.17 bits per heavy atom. The van der Waals surface area contributed by atoms with Crippen molar-refractivity contribution in [3.05, 3.63) is 29.8 Å². The molecule has 1 aliphatic rings. The highest BCUT2D eigenvalue weighted by Crippen LogP contribution is 2.19. The molecule has 1 saturated carbocycles. The van der Waals surface area contributed by atoms with E-state index in [2.05, 4.69) is 19.2 Å². The van der Waals surface area contributed by atoms with Crippen LogP contribution in [0.3, 0.4) is 0 Å². The molecule has 0 bridgehead atoms. The van der Waals surface area contributed by atoms with Crippen molar-refractivity contribution in [1.82, 2.24) is 5.32 Å². The van der Waals surface area contributed by atoms with E-state index in [4.69, 9.17) is 9.47 Å². The number of esters is 1. The number of hydrogen-bond donors (Lipinski definition) is 1. The Bertz CT molecular complexity index is 534. The van der Waals surface area contributed by atoms with Crippen LogP contribution >= 0.6 is 0 Å². The molecule has 1 amide bonds. The van der Waals surface area contributed by atoms with Crippen LogP contribution in [-0.2, 0) is 9.53 Å². The topological polar surface area (TPSA) is 64.6 Å². The molecule has 5 nitrogen and oxygen atoms in total. The van der Waals surface area contributed by atoms with Crippen molar-refractivity contribution in [3.63, 3.8) is 0 Å². The molecule has 2 rings (SSSR count). The molecule has 1 aromatic carbocycles. The van der Waals surface area contributed by atoms with Crippen molar-refractivity contribution >= 4 is 11.9 Å². The van der Waals surface area contributed by atoms with E-state index in [9.17, 15) is 9.59 Å². The summed E-state index contributed by atoms with van der Waals surface area (Å²) in [5.74, 6) is 0.570. The fraction of sp³-hybridized carbons (Fsp3) is 0.556. The maximum atomic E-state index is 12.0. The van der Waals surface area contributed by atoms with Crippen LogP contribution < -0.4 is 10.1 Å². The summed E-state index contributed by atoms with van der Waals surface area (Å²) in [6.45, 7) is 6.52. The maximum absolute atomic E-state index is 12.0. The van der Waals surface area contributed by atoms with Crippen LogP contribution in [-0.4, -0.2) is 30.6 Å². The minimum absolute atomic E-state index is 0.241. The third-order valence-electron chi connectivity index (χ3n) is 3.63. The molecule has 0 saturated heterocycles. The molecular formula is C18H25NO4. The summed E-state index contributed by atoms with van der Waals surface area (Å²) in [4.78, 5) is 23.8. The van der Waals surface area contributed by atoms with E-state index >= 15 is 0 Å². The summed E-state index contributed by atoms with van der Waals surface area (Å²) in [6, 6.07) is 7.04. The Labute approximate surface area is 137 Å². The van der Waals surface area contributed by atoms with E-state index < -0.39 is 12.1 Å². The monoisotopic (exact) mass is 319 g/mol. The minimum Gasteiger partial charge on any atom is -0.494 e. The number of amides is 1. The van der Waals surface area contributed by atoms with E-state index in [-0.39, 0.29) is 11.9 Å². The van der Waals surface area contributed by atoms with Crippen LogP contribution in [0, 0.1) is 5.92 Å². The number of hydrogen-bond acceptors (Lipinski definition) is 4. The summed E-state index contributed by atoms with van der Waals surface area (Å²) in [5, 5.41) is 2.82. The normalized spacial score (nSPS) is 15.1. The molecular weight excluding hydrogens is 294 g/mol. The average Bonchev–Trinajstić information content (AvgIpc) is 3.31. The smallest absolute Gasteiger partial charge is 0.338 e.